The molecule has 0 N–H and O–H groups in total. The van der Waals surface area contributed by atoms with Crippen molar-refractivity contribution in [2.24, 2.45) is 5.92 Å². The number of benzene rings is 1. The number of piperidine rings is 2. The van der Waals surface area contributed by atoms with Gasteiger partial charge in [-0.3, -0.25) is 9.59 Å². The van der Waals surface area contributed by atoms with Crippen molar-refractivity contribution in [1.82, 2.24) is 19.4 Å². The van der Waals surface area contributed by atoms with E-state index >= 15 is 0 Å². The van der Waals surface area contributed by atoms with Crippen LogP contribution >= 0.6 is 0 Å². The van der Waals surface area contributed by atoms with Gasteiger partial charge in [-0.2, -0.15) is 0 Å². The number of carbonyl (C=O) groups excluding carboxylic acids is 2. The zero-order chi connectivity index (χ0) is 21.6. The van der Waals surface area contributed by atoms with E-state index in [0.29, 0.717) is 19.5 Å². The number of aryl methyl sites for hydroxylation is 1. The molecule has 166 valence electrons. The highest BCUT2D eigenvalue weighted by Gasteiger charge is 2.35. The maximum atomic E-state index is 13.0. The Kier molecular flexibility index (Phi) is 6.89. The van der Waals surface area contributed by atoms with Crippen LogP contribution in [0, 0.1) is 12.8 Å². The first kappa shape index (κ1) is 21.4. The number of para-hydroxylation sites is 1. The van der Waals surface area contributed by atoms with Gasteiger partial charge >= 0.3 is 0 Å². The van der Waals surface area contributed by atoms with Crippen molar-refractivity contribution in [2.45, 2.75) is 51.7 Å². The number of amides is 2. The summed E-state index contributed by atoms with van der Waals surface area (Å²) >= 11 is 0. The van der Waals surface area contributed by atoms with Crippen LogP contribution in [-0.4, -0.2) is 63.4 Å². The molecule has 0 saturated carbocycles. The van der Waals surface area contributed by atoms with E-state index in [0.717, 1.165) is 43.9 Å². The van der Waals surface area contributed by atoms with Gasteiger partial charge in [-0.25, -0.2) is 4.98 Å². The number of imidazole rings is 1. The van der Waals surface area contributed by atoms with Gasteiger partial charge in [0.05, 0.1) is 0 Å². The lowest BCUT2D eigenvalue weighted by molar-refractivity contribution is -0.140. The number of ether oxygens (including phenoxy) is 1. The smallest absolute Gasteiger partial charge is 0.242 e. The van der Waals surface area contributed by atoms with Crippen LogP contribution in [0.15, 0.2) is 42.7 Å². The highest BCUT2D eigenvalue weighted by molar-refractivity contribution is 5.78. The second kappa shape index (κ2) is 9.98. The molecule has 7 heteroatoms. The summed E-state index contributed by atoms with van der Waals surface area (Å²) in [5, 5.41) is 0. The Morgan fingerprint density at radius 2 is 1.81 bits per heavy atom. The van der Waals surface area contributed by atoms with E-state index in [-0.39, 0.29) is 30.4 Å². The van der Waals surface area contributed by atoms with Crippen LogP contribution in [0.2, 0.25) is 0 Å². The molecule has 2 saturated heterocycles. The van der Waals surface area contributed by atoms with Gasteiger partial charge in [-0.1, -0.05) is 18.2 Å². The van der Waals surface area contributed by atoms with Crippen molar-refractivity contribution in [1.29, 1.82) is 0 Å². The average molecular weight is 425 g/mol. The van der Waals surface area contributed by atoms with Gasteiger partial charge in [0.1, 0.15) is 24.2 Å². The Hall–Kier alpha value is -2.83. The van der Waals surface area contributed by atoms with Crippen molar-refractivity contribution in [3.8, 4) is 5.75 Å². The molecule has 0 aliphatic carbocycles. The molecule has 0 bridgehead atoms. The number of nitrogens with zero attached hydrogens (tertiary/aromatic N) is 4. The Labute approximate surface area is 184 Å². The summed E-state index contributed by atoms with van der Waals surface area (Å²) in [4.78, 5) is 34.0. The second-order valence-corrected chi connectivity index (χ2v) is 8.61. The molecule has 7 nitrogen and oxygen atoms in total. The van der Waals surface area contributed by atoms with Crippen LogP contribution in [0.5, 0.6) is 5.75 Å². The van der Waals surface area contributed by atoms with Gasteiger partial charge in [-0.15, -0.1) is 0 Å². The fourth-order valence-electron chi connectivity index (χ4n) is 4.58. The molecule has 0 unspecified atom stereocenters. The topological polar surface area (TPSA) is 67.7 Å². The number of hydrogen-bond acceptors (Lipinski definition) is 4. The Morgan fingerprint density at radius 1 is 1.03 bits per heavy atom. The summed E-state index contributed by atoms with van der Waals surface area (Å²) in [5.74, 6) is 1.88. The van der Waals surface area contributed by atoms with Crippen molar-refractivity contribution >= 4 is 11.8 Å². The number of hydrogen-bond donors (Lipinski definition) is 0. The normalized spacial score (nSPS) is 21.7. The van der Waals surface area contributed by atoms with Gasteiger partial charge in [-0.05, 0) is 38.3 Å². The Balaban J connectivity index is 1.44. The first-order valence-corrected chi connectivity index (χ1v) is 11.3. The van der Waals surface area contributed by atoms with E-state index < -0.39 is 0 Å². The van der Waals surface area contributed by atoms with Crippen molar-refractivity contribution < 1.29 is 14.3 Å². The molecule has 2 amide bonds. The summed E-state index contributed by atoms with van der Waals surface area (Å²) in [6.07, 6.45) is 7.97. The van der Waals surface area contributed by atoms with Gasteiger partial charge in [0.2, 0.25) is 11.8 Å². The number of rotatable bonds is 6. The van der Waals surface area contributed by atoms with E-state index in [1.807, 2.05) is 57.8 Å². The van der Waals surface area contributed by atoms with Crippen molar-refractivity contribution in [3.63, 3.8) is 0 Å². The molecule has 2 aliphatic rings. The third kappa shape index (κ3) is 5.46. The minimum Gasteiger partial charge on any atom is -0.490 e. The lowest BCUT2D eigenvalue weighted by Crippen LogP contribution is -2.50. The van der Waals surface area contributed by atoms with Crippen LogP contribution in [0.3, 0.4) is 0 Å². The van der Waals surface area contributed by atoms with E-state index in [4.69, 9.17) is 4.74 Å². The summed E-state index contributed by atoms with van der Waals surface area (Å²) in [6, 6.07) is 9.76. The average Bonchev–Trinajstić information content (AvgIpc) is 3.20. The van der Waals surface area contributed by atoms with Crippen LogP contribution < -0.4 is 4.74 Å². The molecule has 0 spiro atoms. The lowest BCUT2D eigenvalue weighted by atomic mass is 9.90. The Morgan fingerprint density at radius 3 is 2.52 bits per heavy atom. The molecule has 2 aromatic rings. The fourth-order valence-corrected chi connectivity index (χ4v) is 4.58. The van der Waals surface area contributed by atoms with Gasteiger partial charge < -0.3 is 19.1 Å². The third-order valence-corrected chi connectivity index (χ3v) is 6.42. The maximum Gasteiger partial charge on any atom is 0.242 e. The number of likely N-dealkylation sites (tertiary alicyclic amines) is 2. The van der Waals surface area contributed by atoms with Gasteiger partial charge in [0.25, 0.3) is 0 Å². The van der Waals surface area contributed by atoms with Crippen LogP contribution in [0.1, 0.15) is 37.9 Å². The first-order valence-electron chi connectivity index (χ1n) is 11.3. The Bertz CT molecular complexity index is 876. The molecule has 2 atom stereocenters. The molecular formula is C24H32N4O3. The highest BCUT2D eigenvalue weighted by Crippen LogP contribution is 2.27. The maximum absolute atomic E-state index is 13.0. The molecule has 2 aliphatic heterocycles. The van der Waals surface area contributed by atoms with Crippen LogP contribution in [0.4, 0.5) is 0 Å². The minimum atomic E-state index is -0.0739. The molecule has 31 heavy (non-hydrogen) atoms. The molecule has 1 aromatic carbocycles. The van der Waals surface area contributed by atoms with E-state index in [9.17, 15) is 9.59 Å². The summed E-state index contributed by atoms with van der Waals surface area (Å²) < 4.78 is 8.15. The monoisotopic (exact) mass is 424 g/mol. The first-order chi connectivity index (χ1) is 15.1. The minimum absolute atomic E-state index is 0.0174. The molecule has 0 radical (unpaired) electrons. The van der Waals surface area contributed by atoms with Crippen LogP contribution in [0.25, 0.3) is 0 Å². The molecule has 1 aromatic heterocycles. The van der Waals surface area contributed by atoms with Gasteiger partial charge in [0, 0.05) is 57.3 Å². The highest BCUT2D eigenvalue weighted by atomic mass is 16.5. The van der Waals surface area contributed by atoms with Crippen LogP contribution in [-0.2, 0) is 16.1 Å². The standard InChI is InChI=1S/C24H32N4O3/c1-19-25-11-15-27(19)18-24(30)28-14-10-22(31-21-8-4-2-5-9-21)20(17-28)16-23(29)26-12-6-3-7-13-26/h2,4-5,8-9,11,15,20,22H,3,6-7,10,12-14,16-18H2,1H3/t20-,22-/m0/s1. The number of carbonyl (C=O) groups is 2. The van der Waals surface area contributed by atoms with Crippen molar-refractivity contribution in [2.75, 3.05) is 26.2 Å². The predicted molar refractivity (Wildman–Crippen MR) is 118 cm³/mol. The quantitative estimate of drug-likeness (QED) is 0.715. The van der Waals surface area contributed by atoms with Crippen molar-refractivity contribution in [3.05, 3.63) is 48.5 Å². The molecule has 3 heterocycles. The van der Waals surface area contributed by atoms with Gasteiger partial charge in [0.15, 0.2) is 0 Å². The lowest BCUT2D eigenvalue weighted by Gasteiger charge is -2.39. The third-order valence-electron chi connectivity index (χ3n) is 6.42. The SMILES string of the molecule is Cc1nccn1CC(=O)N1CC[C@H](Oc2ccccc2)[C@@H](CC(=O)N2CCCCC2)C1. The van der Waals surface area contributed by atoms with E-state index in [1.54, 1.807) is 6.20 Å². The predicted octanol–water partition coefficient (Wildman–Crippen LogP) is 2.89. The largest absolute Gasteiger partial charge is 0.490 e. The zero-order valence-electron chi connectivity index (χ0n) is 18.3. The number of aromatic nitrogens is 2. The fraction of sp³-hybridized carbons (Fsp3) is 0.542. The summed E-state index contributed by atoms with van der Waals surface area (Å²) in [7, 11) is 0. The van der Waals surface area contributed by atoms with E-state index in [2.05, 4.69) is 4.98 Å². The molecule has 4 rings (SSSR count). The zero-order valence-corrected chi connectivity index (χ0v) is 18.3. The summed E-state index contributed by atoms with van der Waals surface area (Å²) in [5.41, 5.74) is 0. The molecular weight excluding hydrogens is 392 g/mol. The van der Waals surface area contributed by atoms with E-state index in [1.165, 1.54) is 6.42 Å². The molecule has 2 fully saturated rings. The second-order valence-electron chi connectivity index (χ2n) is 8.61. The summed E-state index contributed by atoms with van der Waals surface area (Å²) in [6.45, 7) is 5.05.